The van der Waals surface area contributed by atoms with E-state index < -0.39 is 0 Å². The predicted octanol–water partition coefficient (Wildman–Crippen LogP) is 4.10. The van der Waals surface area contributed by atoms with Crippen LogP contribution in [-0.2, 0) is 6.54 Å². The highest BCUT2D eigenvalue weighted by Crippen LogP contribution is 2.45. The highest BCUT2D eigenvalue weighted by atomic mass is 19.1. The van der Waals surface area contributed by atoms with Gasteiger partial charge < -0.3 is 10.2 Å². The molecule has 21 heavy (non-hydrogen) atoms. The number of para-hydroxylation sites is 1. The lowest BCUT2D eigenvalue weighted by molar-refractivity contribution is 0.144. The van der Waals surface area contributed by atoms with Gasteiger partial charge in [0, 0.05) is 19.6 Å². The summed E-state index contributed by atoms with van der Waals surface area (Å²) in [5.41, 5.74) is 2.48. The van der Waals surface area contributed by atoms with Crippen LogP contribution < -0.4 is 10.2 Å². The summed E-state index contributed by atoms with van der Waals surface area (Å²) in [6, 6.07) is 5.46. The number of rotatable bonds is 3. The van der Waals surface area contributed by atoms with Crippen LogP contribution in [0.3, 0.4) is 0 Å². The number of hydrogen-bond donors (Lipinski definition) is 1. The molecule has 1 saturated heterocycles. The van der Waals surface area contributed by atoms with Crippen LogP contribution in [-0.4, -0.2) is 20.1 Å². The molecule has 1 aromatic rings. The molecular weight excluding hydrogens is 263 g/mol. The Morgan fingerprint density at radius 2 is 1.81 bits per heavy atom. The van der Waals surface area contributed by atoms with Gasteiger partial charge in [-0.3, -0.25) is 0 Å². The van der Waals surface area contributed by atoms with Crippen LogP contribution in [0.4, 0.5) is 10.1 Å². The van der Waals surface area contributed by atoms with E-state index in [1.165, 1.54) is 44.9 Å². The van der Waals surface area contributed by atoms with Crippen molar-refractivity contribution >= 4 is 5.69 Å². The normalized spacial score (nSPS) is 21.7. The highest BCUT2D eigenvalue weighted by Gasteiger charge is 2.36. The Morgan fingerprint density at radius 3 is 2.48 bits per heavy atom. The quantitative estimate of drug-likeness (QED) is 0.901. The fraction of sp³-hybridized carbons (Fsp3) is 0.667. The fourth-order valence-electron chi connectivity index (χ4n) is 4.25. The summed E-state index contributed by atoms with van der Waals surface area (Å²) < 4.78 is 14.3. The second-order valence-corrected chi connectivity index (χ2v) is 6.83. The van der Waals surface area contributed by atoms with Crippen LogP contribution in [0, 0.1) is 11.2 Å². The number of nitrogens with one attached hydrogen (secondary N) is 1. The number of benzene rings is 1. The number of nitrogens with zero attached hydrogens (tertiary/aromatic N) is 1. The Balaban J connectivity index is 1.74. The van der Waals surface area contributed by atoms with Crippen LogP contribution in [0.1, 0.15) is 50.5 Å². The minimum atomic E-state index is -0.0673. The first-order valence-corrected chi connectivity index (χ1v) is 8.41. The Labute approximate surface area is 127 Å². The van der Waals surface area contributed by atoms with E-state index in [2.05, 4.69) is 10.2 Å². The maximum absolute atomic E-state index is 14.3. The van der Waals surface area contributed by atoms with Gasteiger partial charge in [0.1, 0.15) is 5.82 Å². The Kier molecular flexibility index (Phi) is 4.48. The van der Waals surface area contributed by atoms with E-state index in [0.29, 0.717) is 5.41 Å². The van der Waals surface area contributed by atoms with Gasteiger partial charge in [-0.1, -0.05) is 31.4 Å². The van der Waals surface area contributed by atoms with Gasteiger partial charge in [-0.25, -0.2) is 4.39 Å². The Hall–Kier alpha value is -1.09. The predicted molar refractivity (Wildman–Crippen MR) is 86.1 cm³/mol. The standard InChI is InChI=1S/C18H27FN2/c1-20-14-15-6-5-7-16(19)17(15)21-12-10-18(11-13-21)8-3-2-4-9-18/h5-7,20H,2-4,8-14H2,1H3. The second-order valence-electron chi connectivity index (χ2n) is 6.83. The van der Waals surface area contributed by atoms with Crippen molar-refractivity contribution in [2.75, 3.05) is 25.0 Å². The van der Waals surface area contributed by atoms with Crippen LogP contribution in [0.5, 0.6) is 0 Å². The summed E-state index contributed by atoms with van der Waals surface area (Å²) in [4.78, 5) is 2.28. The first kappa shape index (κ1) is 14.8. The van der Waals surface area contributed by atoms with Gasteiger partial charge in [0.25, 0.3) is 0 Å². The molecule has 2 aliphatic rings. The Morgan fingerprint density at radius 1 is 1.10 bits per heavy atom. The highest BCUT2D eigenvalue weighted by molar-refractivity contribution is 5.55. The Bertz CT molecular complexity index is 470. The molecule has 3 heteroatoms. The summed E-state index contributed by atoms with van der Waals surface area (Å²) in [6.45, 7) is 2.75. The zero-order valence-corrected chi connectivity index (χ0v) is 13.1. The number of halogens is 1. The van der Waals surface area contributed by atoms with Crippen LogP contribution in [0.2, 0.25) is 0 Å². The third-order valence-electron chi connectivity index (χ3n) is 5.49. The van der Waals surface area contributed by atoms with E-state index in [0.717, 1.165) is 30.9 Å². The lowest BCUT2D eigenvalue weighted by atomic mass is 9.68. The molecular formula is C18H27FN2. The zero-order chi connectivity index (χ0) is 14.7. The number of anilines is 1. The first-order valence-electron chi connectivity index (χ1n) is 8.41. The number of hydrogen-bond acceptors (Lipinski definition) is 2. The van der Waals surface area contributed by atoms with Crippen molar-refractivity contribution in [2.24, 2.45) is 5.41 Å². The average molecular weight is 290 g/mol. The molecule has 2 fully saturated rings. The molecule has 0 bridgehead atoms. The van der Waals surface area contributed by atoms with E-state index in [4.69, 9.17) is 0 Å². The topological polar surface area (TPSA) is 15.3 Å². The SMILES string of the molecule is CNCc1cccc(F)c1N1CCC2(CCCCC2)CC1. The third-order valence-corrected chi connectivity index (χ3v) is 5.49. The van der Waals surface area contributed by atoms with Gasteiger partial charge >= 0.3 is 0 Å². The molecule has 1 aromatic carbocycles. The van der Waals surface area contributed by atoms with Crippen LogP contribution >= 0.6 is 0 Å². The molecule has 2 nitrogen and oxygen atoms in total. The van der Waals surface area contributed by atoms with Gasteiger partial charge in [-0.05, 0) is 49.8 Å². The number of piperidine rings is 1. The van der Waals surface area contributed by atoms with Crippen molar-refractivity contribution in [1.29, 1.82) is 0 Å². The zero-order valence-electron chi connectivity index (χ0n) is 13.1. The van der Waals surface area contributed by atoms with Crippen molar-refractivity contribution in [2.45, 2.75) is 51.5 Å². The van der Waals surface area contributed by atoms with Crippen molar-refractivity contribution < 1.29 is 4.39 Å². The summed E-state index contributed by atoms with van der Waals surface area (Å²) in [5.74, 6) is -0.0673. The fourth-order valence-corrected chi connectivity index (χ4v) is 4.25. The van der Waals surface area contributed by atoms with Crippen LogP contribution in [0.15, 0.2) is 18.2 Å². The molecule has 1 aliphatic heterocycles. The largest absolute Gasteiger partial charge is 0.369 e. The summed E-state index contributed by atoms with van der Waals surface area (Å²) in [7, 11) is 1.92. The molecule has 0 amide bonds. The summed E-state index contributed by atoms with van der Waals surface area (Å²) >= 11 is 0. The molecule has 0 unspecified atom stereocenters. The molecule has 116 valence electrons. The summed E-state index contributed by atoms with van der Waals surface area (Å²) in [6.07, 6.45) is 9.45. The molecule has 1 spiro atoms. The van der Waals surface area contributed by atoms with Crippen molar-refractivity contribution in [3.05, 3.63) is 29.6 Å². The molecule has 3 rings (SSSR count). The lowest BCUT2D eigenvalue weighted by Gasteiger charge is -2.45. The minimum absolute atomic E-state index is 0.0673. The van der Waals surface area contributed by atoms with E-state index in [9.17, 15) is 4.39 Å². The first-order chi connectivity index (χ1) is 10.2. The molecule has 1 aliphatic carbocycles. The van der Waals surface area contributed by atoms with Gasteiger partial charge in [0.2, 0.25) is 0 Å². The molecule has 1 N–H and O–H groups in total. The minimum Gasteiger partial charge on any atom is -0.369 e. The monoisotopic (exact) mass is 290 g/mol. The molecule has 0 atom stereocenters. The lowest BCUT2D eigenvalue weighted by Crippen LogP contribution is -2.42. The van der Waals surface area contributed by atoms with E-state index in [1.807, 2.05) is 19.2 Å². The van der Waals surface area contributed by atoms with Crippen molar-refractivity contribution in [3.8, 4) is 0 Å². The van der Waals surface area contributed by atoms with Gasteiger partial charge in [-0.15, -0.1) is 0 Å². The van der Waals surface area contributed by atoms with Crippen molar-refractivity contribution in [3.63, 3.8) is 0 Å². The van der Waals surface area contributed by atoms with E-state index in [1.54, 1.807) is 6.07 Å². The van der Waals surface area contributed by atoms with E-state index in [-0.39, 0.29) is 5.82 Å². The molecule has 0 aromatic heterocycles. The smallest absolute Gasteiger partial charge is 0.146 e. The summed E-state index contributed by atoms with van der Waals surface area (Å²) in [5, 5.41) is 3.15. The molecule has 0 radical (unpaired) electrons. The molecule has 1 heterocycles. The van der Waals surface area contributed by atoms with Gasteiger partial charge in [0.05, 0.1) is 5.69 Å². The maximum Gasteiger partial charge on any atom is 0.146 e. The van der Waals surface area contributed by atoms with E-state index >= 15 is 0 Å². The van der Waals surface area contributed by atoms with Gasteiger partial charge in [-0.2, -0.15) is 0 Å². The molecule has 1 saturated carbocycles. The van der Waals surface area contributed by atoms with Crippen molar-refractivity contribution in [1.82, 2.24) is 5.32 Å². The maximum atomic E-state index is 14.3. The van der Waals surface area contributed by atoms with Gasteiger partial charge in [0.15, 0.2) is 0 Å². The third kappa shape index (κ3) is 3.08. The average Bonchev–Trinajstić information content (AvgIpc) is 2.50. The van der Waals surface area contributed by atoms with Crippen LogP contribution in [0.25, 0.3) is 0 Å². The second kappa shape index (κ2) is 6.35.